The van der Waals surface area contributed by atoms with Gasteiger partial charge in [-0.2, -0.15) is 0 Å². The maximum atomic E-state index is 6.99. The van der Waals surface area contributed by atoms with Gasteiger partial charge < -0.3 is 0 Å². The van der Waals surface area contributed by atoms with Gasteiger partial charge in [0.05, 0.1) is 0 Å². The van der Waals surface area contributed by atoms with Gasteiger partial charge in [-0.25, -0.2) is 0 Å². The number of benzene rings is 8. The van der Waals surface area contributed by atoms with Crippen molar-refractivity contribution in [1.29, 1.82) is 0 Å². The first-order valence-electron chi connectivity index (χ1n) is 15.5. The van der Waals surface area contributed by atoms with Gasteiger partial charge >= 0.3 is 0 Å². The fourth-order valence-electron chi connectivity index (χ4n) is 7.24. The largest absolute Gasteiger partial charge is 0.113 e. The Morgan fingerprint density at radius 3 is 1.29 bits per heavy atom. The van der Waals surface area contributed by atoms with Gasteiger partial charge in [-0.05, 0) is 82.5 Å². The lowest BCUT2D eigenvalue weighted by molar-refractivity contribution is 1.65. The molecule has 0 unspecified atom stereocenters. The normalized spacial score (nSPS) is 11.6. The van der Waals surface area contributed by atoms with Crippen LogP contribution in [0.3, 0.4) is 0 Å². The monoisotopic (exact) mass is 586 g/mol. The number of fused-ring (bicyclic) bond motifs is 4. The van der Waals surface area contributed by atoms with Crippen LogP contribution < -0.4 is 43.7 Å². The highest BCUT2D eigenvalue weighted by molar-refractivity contribution is 6.71. The van der Waals surface area contributed by atoms with Crippen LogP contribution in [-0.4, -0.2) is 62.8 Å². The number of rotatable bonds is 3. The lowest BCUT2D eigenvalue weighted by Gasteiger charge is -2.29. The average Bonchev–Trinajstić information content (AvgIpc) is 3.13. The molecular formula is C40H18B8. The van der Waals surface area contributed by atoms with E-state index >= 15 is 0 Å². The molecule has 0 N–H and O–H groups in total. The van der Waals surface area contributed by atoms with Gasteiger partial charge in [0.25, 0.3) is 0 Å². The Balaban J connectivity index is 1.65. The van der Waals surface area contributed by atoms with Crippen LogP contribution in [0.2, 0.25) is 0 Å². The molecule has 0 aromatic heterocycles. The van der Waals surface area contributed by atoms with E-state index in [1.54, 1.807) is 0 Å². The molecule has 0 saturated carbocycles. The molecule has 0 saturated heterocycles. The molecule has 48 heavy (non-hydrogen) atoms. The highest BCUT2D eigenvalue weighted by Gasteiger charge is 2.25. The van der Waals surface area contributed by atoms with Crippen molar-refractivity contribution >= 4 is 150 Å². The van der Waals surface area contributed by atoms with Gasteiger partial charge in [0.1, 0.15) is 62.8 Å². The molecule has 0 aliphatic rings. The molecular weight excluding hydrogens is 567 g/mol. The van der Waals surface area contributed by atoms with E-state index in [-0.39, 0.29) is 43.7 Å². The third-order valence-corrected chi connectivity index (χ3v) is 9.63. The van der Waals surface area contributed by atoms with Crippen molar-refractivity contribution in [2.24, 2.45) is 0 Å². The Morgan fingerprint density at radius 2 is 0.729 bits per heavy atom. The predicted molar refractivity (Wildman–Crippen MR) is 216 cm³/mol. The number of hydrogen-bond donors (Lipinski definition) is 0. The van der Waals surface area contributed by atoms with E-state index in [2.05, 4.69) is 48.5 Å². The SMILES string of the molecule is [B]c1c([B])c([B])c2c(-c3ccc(-c4ccccc4)c4ccccc34)c3c([B])c([B])c([B])c([B])c3c(-c3ccc4ccccc4c3)c2c1[B]. The van der Waals surface area contributed by atoms with Crippen molar-refractivity contribution in [3.8, 4) is 33.4 Å². The molecule has 8 rings (SSSR count). The second-order valence-corrected chi connectivity index (χ2v) is 12.2. The van der Waals surface area contributed by atoms with Crippen LogP contribution in [0, 0.1) is 0 Å². The second-order valence-electron chi connectivity index (χ2n) is 12.2. The summed E-state index contributed by atoms with van der Waals surface area (Å²) in [6, 6.07) is 36.8. The lowest BCUT2D eigenvalue weighted by atomic mass is 9.59. The summed E-state index contributed by atoms with van der Waals surface area (Å²) in [4.78, 5) is 0. The Labute approximate surface area is 291 Å². The summed E-state index contributed by atoms with van der Waals surface area (Å²) in [6.07, 6.45) is 0. The van der Waals surface area contributed by atoms with Crippen LogP contribution >= 0.6 is 0 Å². The van der Waals surface area contributed by atoms with E-state index in [9.17, 15) is 0 Å². The molecule has 0 bridgehead atoms. The highest BCUT2D eigenvalue weighted by atomic mass is 14.3. The van der Waals surface area contributed by atoms with E-state index in [0.29, 0.717) is 32.7 Å². The minimum absolute atomic E-state index is 0.185. The van der Waals surface area contributed by atoms with Crippen molar-refractivity contribution in [3.63, 3.8) is 0 Å². The van der Waals surface area contributed by atoms with Crippen molar-refractivity contribution in [2.75, 3.05) is 0 Å². The van der Waals surface area contributed by atoms with Gasteiger partial charge in [0, 0.05) is 0 Å². The maximum absolute atomic E-state index is 6.99. The van der Waals surface area contributed by atoms with E-state index in [1.807, 2.05) is 60.7 Å². The van der Waals surface area contributed by atoms with Gasteiger partial charge in [0.15, 0.2) is 0 Å². The van der Waals surface area contributed by atoms with Gasteiger partial charge in [-0.15, -0.1) is 21.9 Å². The maximum Gasteiger partial charge on any atom is 0.113 e. The summed E-state index contributed by atoms with van der Waals surface area (Å²) >= 11 is 0. The molecule has 0 heterocycles. The van der Waals surface area contributed by atoms with Gasteiger partial charge in [-0.3, -0.25) is 0 Å². The van der Waals surface area contributed by atoms with E-state index in [0.717, 1.165) is 43.8 Å². The second kappa shape index (κ2) is 11.5. The summed E-state index contributed by atoms with van der Waals surface area (Å²) in [5.41, 5.74) is 7.06. The van der Waals surface area contributed by atoms with Crippen molar-refractivity contribution < 1.29 is 0 Å². The van der Waals surface area contributed by atoms with Crippen molar-refractivity contribution in [3.05, 3.63) is 109 Å². The molecule has 8 heteroatoms. The minimum atomic E-state index is 0.185. The van der Waals surface area contributed by atoms with Gasteiger partial charge in [-0.1, -0.05) is 125 Å². The Morgan fingerprint density at radius 1 is 0.292 bits per heavy atom. The quantitative estimate of drug-likeness (QED) is 0.219. The Hall–Kier alpha value is -4.68. The van der Waals surface area contributed by atoms with Crippen LogP contribution in [0.5, 0.6) is 0 Å². The van der Waals surface area contributed by atoms with Crippen LogP contribution in [-0.2, 0) is 0 Å². The van der Waals surface area contributed by atoms with Crippen molar-refractivity contribution in [1.82, 2.24) is 0 Å². The molecule has 0 fully saturated rings. The molecule has 16 radical (unpaired) electrons. The molecule has 0 nitrogen and oxygen atoms in total. The molecule has 8 aromatic rings. The minimum Gasteiger partial charge on any atom is -0.110 e. The first-order chi connectivity index (χ1) is 23.2. The summed E-state index contributed by atoms with van der Waals surface area (Å²) in [6.45, 7) is 0. The van der Waals surface area contributed by atoms with Crippen LogP contribution in [0.1, 0.15) is 0 Å². The van der Waals surface area contributed by atoms with E-state index in [4.69, 9.17) is 62.8 Å². The van der Waals surface area contributed by atoms with Crippen LogP contribution in [0.15, 0.2) is 109 Å². The Bertz CT molecular complexity index is 2560. The standard InChI is InChI=1S/C40H18B8/c41-33-29-27(22-15-14-19-8-4-5-11-21(19)18-22)30-32(36(44)40(48)38(46)34(30)42)28(31(29)35(43)39(47)37(33)45)26-17-16-23(20-9-2-1-3-10-20)24-12-6-7-13-25(24)26/h1-18H. The lowest BCUT2D eigenvalue weighted by Crippen LogP contribution is -2.50. The van der Waals surface area contributed by atoms with Crippen LogP contribution in [0.4, 0.5) is 0 Å². The smallest absolute Gasteiger partial charge is 0.110 e. The highest BCUT2D eigenvalue weighted by Crippen LogP contribution is 2.44. The summed E-state index contributed by atoms with van der Waals surface area (Å²) in [5, 5.41) is 6.49. The summed E-state index contributed by atoms with van der Waals surface area (Å²) < 4.78 is 0. The summed E-state index contributed by atoms with van der Waals surface area (Å²) in [7, 11) is 54.3. The topological polar surface area (TPSA) is 0 Å². The zero-order chi connectivity index (χ0) is 33.4. The molecule has 202 valence electrons. The van der Waals surface area contributed by atoms with Gasteiger partial charge in [0.2, 0.25) is 0 Å². The first-order valence-corrected chi connectivity index (χ1v) is 15.5. The first kappa shape index (κ1) is 30.6. The zero-order valence-corrected chi connectivity index (χ0v) is 26.0. The van der Waals surface area contributed by atoms with Crippen LogP contribution in [0.25, 0.3) is 76.5 Å². The average molecular weight is 585 g/mol. The predicted octanol–water partition coefficient (Wildman–Crippen LogP) is 1.65. The van der Waals surface area contributed by atoms with E-state index in [1.165, 1.54) is 0 Å². The molecule has 0 aliphatic carbocycles. The fraction of sp³-hybridized carbons (Fsp3) is 0. The third kappa shape index (κ3) is 4.42. The number of hydrogen-bond acceptors (Lipinski definition) is 0. The summed E-state index contributed by atoms with van der Waals surface area (Å²) in [5.74, 6) is 0. The fourth-order valence-corrected chi connectivity index (χ4v) is 7.24. The zero-order valence-electron chi connectivity index (χ0n) is 26.0. The van der Waals surface area contributed by atoms with E-state index < -0.39 is 0 Å². The third-order valence-electron chi connectivity index (χ3n) is 9.63. The Kier molecular flexibility index (Phi) is 7.33. The molecule has 8 aromatic carbocycles. The molecule has 0 spiro atoms. The molecule has 0 atom stereocenters. The molecule has 0 aliphatic heterocycles. The van der Waals surface area contributed by atoms with Crippen molar-refractivity contribution in [2.45, 2.75) is 0 Å². The molecule has 0 amide bonds.